The van der Waals surface area contributed by atoms with Crippen molar-refractivity contribution in [3.8, 4) is 12.1 Å². The molecule has 0 aliphatic heterocycles. The molecule has 2 aromatic rings. The molecule has 2 N–H and O–H groups in total. The van der Waals surface area contributed by atoms with Crippen molar-refractivity contribution in [1.29, 1.82) is 10.5 Å². The number of carbonyl (C=O) groups is 1. The average molecular weight is 420 g/mol. The maximum atomic E-state index is 12.9. The summed E-state index contributed by atoms with van der Waals surface area (Å²) in [6, 6.07) is 7.30. The summed E-state index contributed by atoms with van der Waals surface area (Å²) in [5.41, 5.74) is 10.5. The van der Waals surface area contributed by atoms with Crippen LogP contribution < -0.4 is 5.73 Å². The first-order chi connectivity index (χ1) is 14.4. The monoisotopic (exact) mass is 419 g/mol. The summed E-state index contributed by atoms with van der Waals surface area (Å²) in [5.74, 6) is 0.217. The fourth-order valence-corrected chi connectivity index (χ4v) is 4.66. The molecular formula is C23H25N5OS. The predicted octanol–water partition coefficient (Wildman–Crippen LogP) is 4.69. The van der Waals surface area contributed by atoms with Gasteiger partial charge in [0.15, 0.2) is 5.78 Å². The highest BCUT2D eigenvalue weighted by atomic mass is 32.2. The van der Waals surface area contributed by atoms with Gasteiger partial charge in [-0.2, -0.15) is 10.5 Å². The third-order valence-corrected chi connectivity index (χ3v) is 6.50. The number of Topliss-reactive ketones (excluding diaryl/α,β-unsaturated/α-hetero) is 1. The zero-order valence-electron chi connectivity index (χ0n) is 17.4. The predicted molar refractivity (Wildman–Crippen MR) is 118 cm³/mol. The van der Waals surface area contributed by atoms with E-state index in [1.807, 2.05) is 32.1 Å². The largest absolute Gasteiger partial charge is 0.383 e. The van der Waals surface area contributed by atoms with Gasteiger partial charge in [-0.15, -0.1) is 0 Å². The normalized spacial score (nSPS) is 13.4. The molecule has 1 aliphatic carbocycles. The summed E-state index contributed by atoms with van der Waals surface area (Å²) >= 11 is 1.18. The highest BCUT2D eigenvalue weighted by Crippen LogP contribution is 2.27. The van der Waals surface area contributed by atoms with Gasteiger partial charge in [0.05, 0.1) is 16.9 Å². The van der Waals surface area contributed by atoms with Crippen molar-refractivity contribution in [2.24, 2.45) is 0 Å². The number of thioether (sulfide) groups is 1. The molecule has 0 fully saturated rings. The van der Waals surface area contributed by atoms with Crippen molar-refractivity contribution < 1.29 is 4.79 Å². The lowest BCUT2D eigenvalue weighted by Crippen LogP contribution is -2.08. The van der Waals surface area contributed by atoms with Gasteiger partial charge in [-0.25, -0.2) is 4.98 Å². The topological polar surface area (TPSA) is 108 Å². The molecule has 6 nitrogen and oxygen atoms in total. The number of carbonyl (C=O) groups excluding carboxylic acids is 1. The van der Waals surface area contributed by atoms with Crippen molar-refractivity contribution in [3.63, 3.8) is 0 Å². The highest BCUT2D eigenvalue weighted by molar-refractivity contribution is 8.00. The zero-order valence-corrected chi connectivity index (χ0v) is 18.2. The van der Waals surface area contributed by atoms with Gasteiger partial charge in [0.1, 0.15) is 23.0 Å². The van der Waals surface area contributed by atoms with E-state index in [4.69, 9.17) is 11.0 Å². The van der Waals surface area contributed by atoms with E-state index in [1.165, 1.54) is 49.1 Å². The van der Waals surface area contributed by atoms with Gasteiger partial charge in [0, 0.05) is 23.5 Å². The summed E-state index contributed by atoms with van der Waals surface area (Å²) in [5, 5.41) is 18.7. The fraction of sp³-hybridized carbons (Fsp3) is 0.391. The van der Waals surface area contributed by atoms with E-state index in [-0.39, 0.29) is 28.5 Å². The third-order valence-electron chi connectivity index (χ3n) is 5.51. The van der Waals surface area contributed by atoms with Crippen LogP contribution in [0.4, 0.5) is 5.82 Å². The van der Waals surface area contributed by atoms with E-state index in [2.05, 4.69) is 15.6 Å². The van der Waals surface area contributed by atoms with Crippen LogP contribution in [-0.4, -0.2) is 21.1 Å². The van der Waals surface area contributed by atoms with E-state index in [9.17, 15) is 10.1 Å². The fourth-order valence-electron chi connectivity index (χ4n) is 3.82. The second-order valence-electron chi connectivity index (χ2n) is 7.50. The van der Waals surface area contributed by atoms with Crippen molar-refractivity contribution in [2.45, 2.75) is 57.5 Å². The number of allylic oxidation sites excluding steroid dienone is 2. The second-order valence-corrected chi connectivity index (χ2v) is 8.47. The Bertz CT molecular complexity index is 1080. The molecule has 0 unspecified atom stereocenters. The van der Waals surface area contributed by atoms with Gasteiger partial charge in [-0.3, -0.25) is 4.79 Å². The summed E-state index contributed by atoms with van der Waals surface area (Å²) in [6.45, 7) is 4.90. The second kappa shape index (κ2) is 9.65. The number of aryl methyl sites for hydroxylation is 1. The Labute approximate surface area is 181 Å². The molecule has 0 radical (unpaired) electrons. The number of ketones is 1. The molecule has 0 saturated heterocycles. The molecule has 30 heavy (non-hydrogen) atoms. The Balaban J connectivity index is 1.71. The third kappa shape index (κ3) is 4.75. The van der Waals surface area contributed by atoms with Crippen LogP contribution in [0.15, 0.2) is 28.8 Å². The molecule has 2 aromatic heterocycles. The number of nitrogens with zero attached hydrogens (tertiary/aromatic N) is 4. The molecule has 0 aromatic carbocycles. The van der Waals surface area contributed by atoms with Gasteiger partial charge < -0.3 is 10.3 Å². The number of nitriles is 2. The number of hydrogen-bond donors (Lipinski definition) is 1. The van der Waals surface area contributed by atoms with Crippen LogP contribution in [-0.2, 0) is 6.54 Å². The van der Waals surface area contributed by atoms with Crippen molar-refractivity contribution in [3.05, 3.63) is 51.9 Å². The summed E-state index contributed by atoms with van der Waals surface area (Å²) in [4.78, 5) is 17.0. The quantitative estimate of drug-likeness (QED) is 0.396. The Morgan fingerprint density at radius 3 is 2.67 bits per heavy atom. The lowest BCUT2D eigenvalue weighted by atomic mass is 9.97. The van der Waals surface area contributed by atoms with E-state index in [1.54, 1.807) is 0 Å². The molecule has 1 aliphatic rings. The minimum atomic E-state index is -0.00940. The van der Waals surface area contributed by atoms with E-state index in [0.717, 1.165) is 24.4 Å². The average Bonchev–Trinajstić information content (AvgIpc) is 3.04. The van der Waals surface area contributed by atoms with Gasteiger partial charge in [-0.05, 0) is 58.1 Å². The number of aromatic nitrogens is 2. The molecule has 0 amide bonds. The first-order valence-electron chi connectivity index (χ1n) is 10.1. The van der Waals surface area contributed by atoms with E-state index in [0.29, 0.717) is 10.6 Å². The molecule has 154 valence electrons. The number of rotatable bonds is 7. The van der Waals surface area contributed by atoms with Gasteiger partial charge >= 0.3 is 0 Å². The molecule has 0 bridgehead atoms. The summed E-state index contributed by atoms with van der Waals surface area (Å²) in [6.07, 6.45) is 8.31. The van der Waals surface area contributed by atoms with Gasteiger partial charge in [-0.1, -0.05) is 23.4 Å². The molecule has 0 atom stereocenters. The Morgan fingerprint density at radius 1 is 1.23 bits per heavy atom. The van der Waals surface area contributed by atoms with Crippen LogP contribution in [0.5, 0.6) is 0 Å². The molecular weight excluding hydrogens is 394 g/mol. The molecule has 2 heterocycles. The van der Waals surface area contributed by atoms with E-state index < -0.39 is 0 Å². The Kier molecular flexibility index (Phi) is 6.97. The lowest BCUT2D eigenvalue weighted by Gasteiger charge is -2.15. The summed E-state index contributed by atoms with van der Waals surface area (Å²) < 4.78 is 2.21. The number of hydrogen-bond acceptors (Lipinski definition) is 6. The van der Waals surface area contributed by atoms with Crippen molar-refractivity contribution in [1.82, 2.24) is 9.55 Å². The van der Waals surface area contributed by atoms with Crippen LogP contribution in [0, 0.1) is 36.5 Å². The molecule has 7 heteroatoms. The standard InChI is InChI=1S/C23H25N5OS/c1-15-10-20(16(2)28(15)9-8-17-6-4-3-5-7-17)21(29)14-30-23-19(13-25)11-18(12-24)22(26)27-23/h6,10-11H,3-5,7-9,14H2,1-2H3,(H2,26,27). The Hall–Kier alpha value is -3.03. The van der Waals surface area contributed by atoms with Gasteiger partial charge in [0.2, 0.25) is 0 Å². The van der Waals surface area contributed by atoms with Crippen molar-refractivity contribution in [2.75, 3.05) is 11.5 Å². The van der Waals surface area contributed by atoms with E-state index >= 15 is 0 Å². The first kappa shape index (κ1) is 21.7. The first-order valence-corrected chi connectivity index (χ1v) is 11.0. The molecule has 0 spiro atoms. The number of nitrogen functional groups attached to an aromatic ring is 1. The number of pyridine rings is 1. The van der Waals surface area contributed by atoms with Crippen LogP contribution in [0.2, 0.25) is 0 Å². The maximum Gasteiger partial charge on any atom is 0.174 e. The van der Waals surface area contributed by atoms with Crippen LogP contribution in [0.3, 0.4) is 0 Å². The maximum absolute atomic E-state index is 12.9. The smallest absolute Gasteiger partial charge is 0.174 e. The SMILES string of the molecule is Cc1cc(C(=O)CSc2nc(N)c(C#N)cc2C#N)c(C)n1CCC1=CCCCC1. The highest BCUT2D eigenvalue weighted by Gasteiger charge is 2.18. The minimum Gasteiger partial charge on any atom is -0.383 e. The van der Waals surface area contributed by atoms with Crippen LogP contribution in [0.25, 0.3) is 0 Å². The van der Waals surface area contributed by atoms with Crippen LogP contribution in [0.1, 0.15) is 65.0 Å². The zero-order chi connectivity index (χ0) is 21.7. The summed E-state index contributed by atoms with van der Waals surface area (Å²) in [7, 11) is 0. The number of nitrogens with two attached hydrogens (primary N) is 1. The molecule has 3 rings (SSSR count). The van der Waals surface area contributed by atoms with Gasteiger partial charge in [0.25, 0.3) is 0 Å². The Morgan fingerprint density at radius 2 is 2.00 bits per heavy atom. The van der Waals surface area contributed by atoms with Crippen LogP contribution >= 0.6 is 11.8 Å². The lowest BCUT2D eigenvalue weighted by molar-refractivity contribution is 0.102. The van der Waals surface area contributed by atoms with Crippen molar-refractivity contribution >= 4 is 23.4 Å². The molecule has 0 saturated carbocycles. The number of anilines is 1. The minimum absolute atomic E-state index is 0.00940.